The van der Waals surface area contributed by atoms with Crippen LogP contribution < -0.4 is 10.5 Å². The van der Waals surface area contributed by atoms with E-state index in [0.29, 0.717) is 19.0 Å². The highest BCUT2D eigenvalue weighted by Gasteiger charge is 2.47. The van der Waals surface area contributed by atoms with Gasteiger partial charge < -0.3 is 14.8 Å². The number of hydrogen-bond acceptors (Lipinski definition) is 6. The zero-order valence-electron chi connectivity index (χ0n) is 27.6. The summed E-state index contributed by atoms with van der Waals surface area (Å²) in [5, 5.41) is 13.6. The molecule has 1 saturated heterocycles. The van der Waals surface area contributed by atoms with Crippen LogP contribution in [0.15, 0.2) is 112 Å². The van der Waals surface area contributed by atoms with Gasteiger partial charge in [0.2, 0.25) is 5.88 Å². The van der Waals surface area contributed by atoms with E-state index >= 15 is 4.21 Å². The highest BCUT2D eigenvalue weighted by atomic mass is 32.2. The van der Waals surface area contributed by atoms with Crippen LogP contribution in [0.3, 0.4) is 0 Å². The summed E-state index contributed by atoms with van der Waals surface area (Å²) in [5.74, 6) is 0.306. The van der Waals surface area contributed by atoms with Gasteiger partial charge in [-0.05, 0) is 77.5 Å². The topological polar surface area (TPSA) is 109 Å². The van der Waals surface area contributed by atoms with Gasteiger partial charge in [-0.15, -0.1) is 0 Å². The number of urea groups is 1. The summed E-state index contributed by atoms with van der Waals surface area (Å²) in [6.45, 7) is 0.626. The number of aryl methyl sites for hydroxylation is 2. The van der Waals surface area contributed by atoms with Crippen molar-refractivity contribution in [3.63, 3.8) is 0 Å². The van der Waals surface area contributed by atoms with Crippen molar-refractivity contribution >= 4 is 21.6 Å². The molecule has 2 aliphatic carbocycles. The first-order chi connectivity index (χ1) is 23.9. The number of carbonyl (C=O) groups excluding carboxylic acids is 1. The van der Waals surface area contributed by atoms with Gasteiger partial charge >= 0.3 is 6.03 Å². The molecule has 4 aromatic rings. The number of fused-ring (bicyclic) bond motifs is 3. The molecule has 252 valence electrons. The van der Waals surface area contributed by atoms with Crippen molar-refractivity contribution in [2.24, 2.45) is 9.50 Å². The fraction of sp³-hybridized carbons (Fsp3) is 0.308. The van der Waals surface area contributed by atoms with Gasteiger partial charge in [0.1, 0.15) is 26.5 Å². The normalized spacial score (nSPS) is 19.3. The Kier molecular flexibility index (Phi) is 8.18. The Balaban J connectivity index is 1.24. The molecule has 49 heavy (non-hydrogen) atoms. The van der Waals surface area contributed by atoms with Crippen LogP contribution in [0.25, 0.3) is 0 Å². The number of nitrogens with one attached hydrogen (secondary N) is 1. The number of carbonyl (C=O) groups is 1. The first-order valence-electron chi connectivity index (χ1n) is 17.0. The van der Waals surface area contributed by atoms with Crippen LogP contribution in [0.5, 0.6) is 0 Å². The lowest BCUT2D eigenvalue weighted by atomic mass is 9.78. The minimum absolute atomic E-state index is 0.0225. The molecule has 2 atom stereocenters. The Hall–Kier alpha value is -4.64. The fourth-order valence-corrected chi connectivity index (χ4v) is 9.55. The van der Waals surface area contributed by atoms with Gasteiger partial charge in [0.15, 0.2) is 0 Å². The molecule has 8 rings (SSSR count). The second-order valence-electron chi connectivity index (χ2n) is 13.2. The summed E-state index contributed by atoms with van der Waals surface area (Å²) in [4.78, 5) is 14.6. The molecule has 2 aliphatic heterocycles. The number of nitrogens with zero attached hydrogens (tertiary/aromatic N) is 3. The number of ether oxygens (including phenoxy) is 2. The first kappa shape index (κ1) is 31.6. The zero-order valence-corrected chi connectivity index (χ0v) is 28.5. The van der Waals surface area contributed by atoms with E-state index in [9.17, 15) is 4.79 Å². The minimum Gasteiger partial charge on any atom is -0.469 e. The fourth-order valence-electron chi connectivity index (χ4n) is 8.00. The molecule has 0 spiro atoms. The summed E-state index contributed by atoms with van der Waals surface area (Å²) in [7, 11) is -2.08. The summed E-state index contributed by atoms with van der Waals surface area (Å²) in [5.41, 5.74) is 7.34. The van der Waals surface area contributed by atoms with Crippen molar-refractivity contribution in [2.45, 2.75) is 50.2 Å². The molecule has 10 heteroatoms. The van der Waals surface area contributed by atoms with Crippen LogP contribution in [0, 0.1) is 0 Å². The van der Waals surface area contributed by atoms with E-state index in [0.717, 1.165) is 60.9 Å². The average Bonchev–Trinajstić information content (AvgIpc) is 3.93. The first-order valence-corrected chi connectivity index (χ1v) is 18.6. The molecule has 9 nitrogen and oxygen atoms in total. The Labute approximate surface area is 288 Å². The van der Waals surface area contributed by atoms with Gasteiger partial charge in [-0.25, -0.2) is 24.2 Å². The van der Waals surface area contributed by atoms with E-state index in [1.54, 1.807) is 17.1 Å². The molecule has 2 unspecified atom stereocenters. The molecular formula is C39H41N5O4S. The number of rotatable bonds is 8. The second kappa shape index (κ2) is 12.7. The molecule has 0 aromatic heterocycles. The van der Waals surface area contributed by atoms with E-state index in [1.807, 2.05) is 91.0 Å². The highest BCUT2D eigenvalue weighted by molar-refractivity contribution is 7.95. The number of amides is 2. The summed E-state index contributed by atoms with van der Waals surface area (Å²) in [6.07, 6.45) is 5.76. The van der Waals surface area contributed by atoms with Gasteiger partial charge in [0.25, 0.3) is 0 Å². The van der Waals surface area contributed by atoms with Crippen LogP contribution in [-0.4, -0.2) is 53.2 Å². The van der Waals surface area contributed by atoms with Crippen molar-refractivity contribution in [3.05, 3.63) is 147 Å². The van der Waals surface area contributed by atoms with Crippen LogP contribution in [0.1, 0.15) is 51.8 Å². The third-order valence-corrected chi connectivity index (χ3v) is 11.8. The van der Waals surface area contributed by atoms with E-state index in [1.165, 1.54) is 22.3 Å². The van der Waals surface area contributed by atoms with Gasteiger partial charge in [-0.2, -0.15) is 4.36 Å². The third-order valence-electron chi connectivity index (χ3n) is 10.2. The molecule has 3 N–H and O–H groups in total. The maximum atomic E-state index is 15.2. The molecule has 1 fully saturated rings. The van der Waals surface area contributed by atoms with Gasteiger partial charge in [0, 0.05) is 12.8 Å². The van der Waals surface area contributed by atoms with Crippen molar-refractivity contribution in [1.82, 2.24) is 10.0 Å². The molecule has 4 aliphatic rings. The predicted octanol–water partition coefficient (Wildman–Crippen LogP) is 6.28. The highest BCUT2D eigenvalue weighted by Crippen LogP contribution is 2.44. The SMILES string of the molecule is COCC1CN2C(=C(S(N)(=O)=NC(c3ccccc3)(c3ccccc3)c3ccccc3)CN2C(=O)Nc2c3c(cc4c2CCC4)CCC3)O1. The smallest absolute Gasteiger partial charge is 0.341 e. The zero-order chi connectivity index (χ0) is 33.6. The standard InChI is InChI=1S/C39H41N5O4S/c1-47-26-32-24-43-37(48-32)35(25-44(43)38(45)41-36-33-21-11-13-27(33)23-28-14-12-22-34(28)36)49(40,46)42-39(29-15-5-2-6-16-29,30-17-7-3-8-18-30)31-19-9-4-10-20-31/h2-10,15-20,23,32H,11-14,21-22,24-26H2,1H3,(H,41,45)(H2,40,42,46). The number of methoxy groups -OCH3 is 1. The minimum atomic E-state index is -3.69. The average molecular weight is 676 g/mol. The summed E-state index contributed by atoms with van der Waals surface area (Å²) >= 11 is 0. The largest absolute Gasteiger partial charge is 0.469 e. The Bertz CT molecular complexity index is 1920. The van der Waals surface area contributed by atoms with Crippen LogP contribution in [0.2, 0.25) is 0 Å². The van der Waals surface area contributed by atoms with Gasteiger partial charge in [-0.1, -0.05) is 97.1 Å². The molecular weight excluding hydrogens is 635 g/mol. The van der Waals surface area contributed by atoms with E-state index in [4.69, 9.17) is 19.0 Å². The Morgan fingerprint density at radius 1 is 0.898 bits per heavy atom. The van der Waals surface area contributed by atoms with Crippen LogP contribution in [0.4, 0.5) is 10.5 Å². The molecule has 2 heterocycles. The van der Waals surface area contributed by atoms with E-state index in [2.05, 4.69) is 11.4 Å². The number of benzene rings is 4. The maximum Gasteiger partial charge on any atom is 0.341 e. The summed E-state index contributed by atoms with van der Waals surface area (Å²) in [6, 6.07) is 31.4. The molecule has 0 radical (unpaired) electrons. The third kappa shape index (κ3) is 5.48. The van der Waals surface area contributed by atoms with Crippen molar-refractivity contribution in [2.75, 3.05) is 32.1 Å². The number of hydrogen-bond donors (Lipinski definition) is 2. The van der Waals surface area contributed by atoms with Crippen LogP contribution >= 0.6 is 0 Å². The number of anilines is 1. The number of nitrogens with two attached hydrogens (primary N) is 1. The molecule has 0 bridgehead atoms. The monoisotopic (exact) mass is 675 g/mol. The molecule has 0 saturated carbocycles. The summed E-state index contributed by atoms with van der Waals surface area (Å²) < 4.78 is 32.2. The Morgan fingerprint density at radius 2 is 1.43 bits per heavy atom. The molecule has 4 aromatic carbocycles. The number of hydrazine groups is 1. The second-order valence-corrected chi connectivity index (χ2v) is 15.0. The van der Waals surface area contributed by atoms with Crippen molar-refractivity contribution in [3.8, 4) is 0 Å². The molecule has 2 amide bonds. The maximum absolute atomic E-state index is 15.2. The van der Waals surface area contributed by atoms with Crippen LogP contribution in [-0.2, 0) is 50.6 Å². The lowest BCUT2D eigenvalue weighted by Gasteiger charge is -2.32. The Morgan fingerprint density at radius 3 is 1.94 bits per heavy atom. The predicted molar refractivity (Wildman–Crippen MR) is 191 cm³/mol. The lowest BCUT2D eigenvalue weighted by molar-refractivity contribution is 0.0678. The van der Waals surface area contributed by atoms with Gasteiger partial charge in [0.05, 0.1) is 19.7 Å². The quantitative estimate of drug-likeness (QED) is 0.214. The lowest BCUT2D eigenvalue weighted by Crippen LogP contribution is -2.45. The van der Waals surface area contributed by atoms with Crippen molar-refractivity contribution in [1.29, 1.82) is 0 Å². The van der Waals surface area contributed by atoms with Gasteiger partial charge in [-0.3, -0.25) is 0 Å². The van der Waals surface area contributed by atoms with E-state index < -0.39 is 15.5 Å². The van der Waals surface area contributed by atoms with E-state index in [-0.39, 0.29) is 23.6 Å². The van der Waals surface area contributed by atoms with Crippen molar-refractivity contribution < 1.29 is 18.5 Å².